The van der Waals surface area contributed by atoms with Crippen LogP contribution in [-0.4, -0.2) is 53.5 Å². The predicted molar refractivity (Wildman–Crippen MR) is 98.7 cm³/mol. The fraction of sp³-hybridized carbons (Fsp3) is 0.421. The third kappa shape index (κ3) is 4.54. The van der Waals surface area contributed by atoms with Crippen LogP contribution < -0.4 is 10.2 Å². The Balaban J connectivity index is 1.52. The van der Waals surface area contributed by atoms with Crippen LogP contribution in [0.15, 0.2) is 36.7 Å². The number of hydrogen-bond donors (Lipinski definition) is 1. The molecule has 1 amide bonds. The molecule has 2 aromatic rings. The summed E-state index contributed by atoms with van der Waals surface area (Å²) in [4.78, 5) is 25.6. The molecule has 1 saturated heterocycles. The lowest BCUT2D eigenvalue weighted by Crippen LogP contribution is -2.46. The van der Waals surface area contributed by atoms with Crippen LogP contribution in [0.25, 0.3) is 0 Å². The van der Waals surface area contributed by atoms with E-state index in [4.69, 9.17) is 0 Å². The molecule has 1 fully saturated rings. The van der Waals surface area contributed by atoms with Gasteiger partial charge >= 0.3 is 0 Å². The minimum atomic E-state index is -0.118. The van der Waals surface area contributed by atoms with Gasteiger partial charge in [-0.3, -0.25) is 9.78 Å². The number of rotatable bonds is 5. The highest BCUT2D eigenvalue weighted by Gasteiger charge is 2.16. The van der Waals surface area contributed by atoms with Gasteiger partial charge in [0, 0.05) is 50.8 Å². The molecule has 0 unspecified atom stereocenters. The lowest BCUT2D eigenvalue weighted by molar-refractivity contribution is 0.0950. The Hall–Kier alpha value is -2.47. The topological polar surface area (TPSA) is 61.4 Å². The molecule has 6 nitrogen and oxygen atoms in total. The van der Waals surface area contributed by atoms with Gasteiger partial charge in [0.15, 0.2) is 0 Å². The van der Waals surface area contributed by atoms with Gasteiger partial charge in [-0.15, -0.1) is 0 Å². The van der Waals surface area contributed by atoms with Gasteiger partial charge in [0.2, 0.25) is 0 Å². The molecule has 1 N–H and O–H groups in total. The fourth-order valence-electron chi connectivity index (χ4n) is 2.89. The summed E-state index contributed by atoms with van der Waals surface area (Å²) < 4.78 is 0. The maximum Gasteiger partial charge on any atom is 0.253 e. The lowest BCUT2D eigenvalue weighted by atomic mass is 10.2. The van der Waals surface area contributed by atoms with Gasteiger partial charge in [0.1, 0.15) is 5.82 Å². The molecule has 6 heteroatoms. The summed E-state index contributed by atoms with van der Waals surface area (Å²) in [5.41, 5.74) is 2.46. The van der Waals surface area contributed by atoms with Crippen molar-refractivity contribution in [1.29, 1.82) is 0 Å². The van der Waals surface area contributed by atoms with Crippen molar-refractivity contribution in [2.45, 2.75) is 20.4 Å². The first kappa shape index (κ1) is 17.4. The molecule has 0 saturated carbocycles. The van der Waals surface area contributed by atoms with Gasteiger partial charge in [-0.05, 0) is 37.2 Å². The van der Waals surface area contributed by atoms with Crippen LogP contribution in [0, 0.1) is 6.92 Å². The van der Waals surface area contributed by atoms with Crippen LogP contribution in [0.3, 0.4) is 0 Å². The molecule has 2 aromatic heterocycles. The third-order valence-electron chi connectivity index (χ3n) is 4.58. The number of piperazine rings is 1. The average molecular weight is 339 g/mol. The normalized spacial score (nSPS) is 15.2. The molecule has 1 aliphatic heterocycles. The van der Waals surface area contributed by atoms with E-state index in [-0.39, 0.29) is 5.91 Å². The van der Waals surface area contributed by atoms with Crippen molar-refractivity contribution >= 4 is 11.7 Å². The zero-order valence-corrected chi connectivity index (χ0v) is 14.9. The molecular formula is C19H25N5O. The summed E-state index contributed by atoms with van der Waals surface area (Å²) in [5.74, 6) is 0.890. The Morgan fingerprint density at radius 3 is 2.48 bits per heavy atom. The van der Waals surface area contributed by atoms with E-state index in [0.717, 1.165) is 49.8 Å². The van der Waals surface area contributed by atoms with Crippen LogP contribution in [-0.2, 0) is 6.54 Å². The second kappa shape index (κ2) is 8.07. The number of anilines is 1. The van der Waals surface area contributed by atoms with Crippen molar-refractivity contribution in [3.63, 3.8) is 0 Å². The number of aryl methyl sites for hydroxylation is 1. The number of hydrogen-bond acceptors (Lipinski definition) is 5. The van der Waals surface area contributed by atoms with Crippen LogP contribution >= 0.6 is 0 Å². The highest BCUT2D eigenvalue weighted by Crippen LogP contribution is 2.14. The largest absolute Gasteiger partial charge is 0.354 e. The van der Waals surface area contributed by atoms with Gasteiger partial charge < -0.3 is 15.1 Å². The highest BCUT2D eigenvalue weighted by molar-refractivity contribution is 5.93. The smallest absolute Gasteiger partial charge is 0.253 e. The zero-order valence-electron chi connectivity index (χ0n) is 14.9. The van der Waals surface area contributed by atoms with Crippen LogP contribution in [0.1, 0.15) is 28.5 Å². The first-order valence-electron chi connectivity index (χ1n) is 8.79. The quantitative estimate of drug-likeness (QED) is 0.901. The highest BCUT2D eigenvalue weighted by atomic mass is 16.1. The minimum absolute atomic E-state index is 0.118. The number of nitrogens with zero attached hydrogens (tertiary/aromatic N) is 4. The first-order valence-corrected chi connectivity index (χ1v) is 8.79. The Bertz CT molecular complexity index is 691. The van der Waals surface area contributed by atoms with E-state index in [1.54, 1.807) is 12.3 Å². The Morgan fingerprint density at radius 1 is 1.08 bits per heavy atom. The number of pyridine rings is 2. The van der Waals surface area contributed by atoms with Crippen molar-refractivity contribution in [3.05, 3.63) is 53.5 Å². The van der Waals surface area contributed by atoms with Crippen molar-refractivity contribution in [3.8, 4) is 0 Å². The molecule has 0 atom stereocenters. The Morgan fingerprint density at radius 2 is 1.88 bits per heavy atom. The number of likely N-dealkylation sites (N-methyl/N-ethyl adjacent to an activating group) is 1. The van der Waals surface area contributed by atoms with Gasteiger partial charge in [0.05, 0.1) is 5.56 Å². The van der Waals surface area contributed by atoms with E-state index in [1.807, 2.05) is 31.3 Å². The van der Waals surface area contributed by atoms with Crippen molar-refractivity contribution in [2.75, 3.05) is 37.6 Å². The van der Waals surface area contributed by atoms with E-state index in [9.17, 15) is 4.79 Å². The van der Waals surface area contributed by atoms with Gasteiger partial charge in [0.25, 0.3) is 5.91 Å². The SMILES string of the molecule is CCN1CCN(c2ccc(CNC(=O)c3ccc(C)nc3)cn2)CC1. The molecule has 0 bridgehead atoms. The van der Waals surface area contributed by atoms with Crippen molar-refractivity contribution in [1.82, 2.24) is 20.2 Å². The van der Waals surface area contributed by atoms with Crippen LogP contribution in [0.4, 0.5) is 5.82 Å². The number of carbonyl (C=O) groups excluding carboxylic acids is 1. The molecular weight excluding hydrogens is 314 g/mol. The standard InChI is InChI=1S/C19H25N5O/c1-3-23-8-10-24(11-9-23)18-7-5-16(12-21-18)13-22-19(25)17-6-4-15(2)20-14-17/h4-7,12,14H,3,8-11,13H2,1-2H3,(H,22,25). The second-order valence-corrected chi connectivity index (χ2v) is 6.32. The molecule has 25 heavy (non-hydrogen) atoms. The molecule has 0 aliphatic carbocycles. The summed E-state index contributed by atoms with van der Waals surface area (Å²) >= 11 is 0. The summed E-state index contributed by atoms with van der Waals surface area (Å²) in [6.07, 6.45) is 3.44. The molecule has 0 aromatic carbocycles. The maximum absolute atomic E-state index is 12.1. The second-order valence-electron chi connectivity index (χ2n) is 6.32. The van der Waals surface area contributed by atoms with Gasteiger partial charge in [-0.1, -0.05) is 13.0 Å². The van der Waals surface area contributed by atoms with E-state index in [2.05, 4.69) is 32.0 Å². The van der Waals surface area contributed by atoms with E-state index in [0.29, 0.717) is 12.1 Å². The molecule has 132 valence electrons. The minimum Gasteiger partial charge on any atom is -0.354 e. The lowest BCUT2D eigenvalue weighted by Gasteiger charge is -2.34. The number of carbonyl (C=O) groups is 1. The Labute approximate surface area is 148 Å². The maximum atomic E-state index is 12.1. The number of nitrogens with one attached hydrogen (secondary N) is 1. The van der Waals surface area contributed by atoms with Crippen LogP contribution in [0.5, 0.6) is 0 Å². The fourth-order valence-corrected chi connectivity index (χ4v) is 2.89. The molecule has 0 spiro atoms. The number of aromatic nitrogens is 2. The number of amides is 1. The van der Waals surface area contributed by atoms with E-state index >= 15 is 0 Å². The molecule has 1 aliphatic rings. The van der Waals surface area contributed by atoms with Gasteiger partial charge in [-0.2, -0.15) is 0 Å². The molecule has 0 radical (unpaired) electrons. The Kier molecular flexibility index (Phi) is 5.60. The van der Waals surface area contributed by atoms with Gasteiger partial charge in [-0.25, -0.2) is 4.98 Å². The van der Waals surface area contributed by atoms with Crippen molar-refractivity contribution < 1.29 is 4.79 Å². The summed E-state index contributed by atoms with van der Waals surface area (Å²) in [7, 11) is 0. The van der Waals surface area contributed by atoms with E-state index < -0.39 is 0 Å². The molecule has 3 heterocycles. The molecule has 3 rings (SSSR count). The van der Waals surface area contributed by atoms with E-state index in [1.165, 1.54) is 0 Å². The van der Waals surface area contributed by atoms with Crippen LogP contribution in [0.2, 0.25) is 0 Å². The average Bonchev–Trinajstić information content (AvgIpc) is 2.67. The summed E-state index contributed by atoms with van der Waals surface area (Å²) in [6, 6.07) is 7.69. The first-order chi connectivity index (χ1) is 12.2. The van der Waals surface area contributed by atoms with Crippen molar-refractivity contribution in [2.24, 2.45) is 0 Å². The summed E-state index contributed by atoms with van der Waals surface area (Å²) in [6.45, 7) is 9.86. The third-order valence-corrected chi connectivity index (χ3v) is 4.58. The zero-order chi connectivity index (χ0) is 17.6. The monoisotopic (exact) mass is 339 g/mol. The summed E-state index contributed by atoms with van der Waals surface area (Å²) in [5, 5.41) is 2.91. The predicted octanol–water partition coefficient (Wildman–Crippen LogP) is 1.86.